The van der Waals surface area contributed by atoms with Gasteiger partial charge in [0.15, 0.2) is 25.0 Å². The van der Waals surface area contributed by atoms with Crippen LogP contribution in [0.25, 0.3) is 0 Å². The van der Waals surface area contributed by atoms with Gasteiger partial charge in [0, 0.05) is 17.4 Å². The molecule has 3 rings (SSSR count). The van der Waals surface area contributed by atoms with Crippen LogP contribution < -0.4 is 0 Å². The summed E-state index contributed by atoms with van der Waals surface area (Å²) in [5.74, 6) is 1.18. The van der Waals surface area contributed by atoms with E-state index < -0.39 is 85.3 Å². The van der Waals surface area contributed by atoms with Gasteiger partial charge < -0.3 is 49.4 Å². The molecule has 0 aromatic carbocycles. The lowest BCUT2D eigenvalue weighted by Crippen LogP contribution is -2.82. The predicted molar refractivity (Wildman–Crippen MR) is 224 cm³/mol. The van der Waals surface area contributed by atoms with Crippen LogP contribution in [0.1, 0.15) is 0 Å². The molecule has 3 aliphatic rings. The Hall–Kier alpha value is 4.70. The fourth-order valence-corrected chi connectivity index (χ4v) is 86.4. The maximum absolute atomic E-state index is 7.34. The molecule has 3 heterocycles. The average Bonchev–Trinajstić information content (AvgIpc) is 2.87. The van der Waals surface area contributed by atoms with E-state index in [1.807, 2.05) is 13.3 Å². The molecular formula is C16H55O12P7Si10. The molecule has 45 heavy (non-hydrogen) atoms. The molecule has 0 spiro atoms. The monoisotopic (exact) mass is 936 g/mol. The minimum Gasteiger partial charge on any atom is -0.417 e. The molecule has 0 amide bonds. The Morgan fingerprint density at radius 1 is 0.444 bits per heavy atom. The third-order valence-corrected chi connectivity index (χ3v) is 64.2. The first-order valence-corrected chi connectivity index (χ1v) is 50.1. The summed E-state index contributed by atoms with van der Waals surface area (Å²) in [5, 5.41) is 0. The zero-order valence-corrected chi connectivity index (χ0v) is 46.2. The van der Waals surface area contributed by atoms with Gasteiger partial charge in [-0.15, -0.1) is 27.7 Å². The lowest BCUT2D eigenvalue weighted by molar-refractivity contribution is 0.0440. The summed E-state index contributed by atoms with van der Waals surface area (Å²) in [4.78, 5) is 0. The van der Waals surface area contributed by atoms with Crippen LogP contribution in [0.2, 0.25) is 58.9 Å². The fourth-order valence-electron chi connectivity index (χ4n) is 4.55. The molecule has 0 aromatic heterocycles. The van der Waals surface area contributed by atoms with Crippen LogP contribution in [0, 0.1) is 0 Å². The first kappa shape index (κ1) is 44.1. The van der Waals surface area contributed by atoms with Crippen molar-refractivity contribution in [3.05, 3.63) is 0 Å². The summed E-state index contributed by atoms with van der Waals surface area (Å²) in [6.07, 6.45) is 0. The van der Waals surface area contributed by atoms with E-state index in [0.29, 0.717) is 17.4 Å². The largest absolute Gasteiger partial charge is 0.501 e. The van der Waals surface area contributed by atoms with E-state index in [9.17, 15) is 0 Å². The Labute approximate surface area is 295 Å². The molecule has 3 saturated heterocycles. The SMILES string of the molecule is CP[Si]1(O[Si](C)(C)C)O[Si]2(CP)O[Si](CP)(O[Si](C)(C)C)O[Si]3(PC)O[Si](CP)(O[Si](C)(C)C)O[Si](PC)(O1)O[Si](PC)(O2)O3. The van der Waals surface area contributed by atoms with Crippen molar-refractivity contribution in [1.82, 2.24) is 0 Å². The Bertz CT molecular complexity index is 901. The molecule has 0 aliphatic carbocycles. The van der Waals surface area contributed by atoms with Gasteiger partial charge in [-0.2, -0.15) is 0 Å². The van der Waals surface area contributed by atoms with Crippen LogP contribution in [0.15, 0.2) is 0 Å². The molecule has 29 heteroatoms. The predicted octanol–water partition coefficient (Wildman–Crippen LogP) is 4.77. The summed E-state index contributed by atoms with van der Waals surface area (Å²) in [6.45, 7) is 27.4. The van der Waals surface area contributed by atoms with E-state index in [0.717, 1.165) is 0 Å². The molecule has 0 radical (unpaired) electrons. The second kappa shape index (κ2) is 15.8. The van der Waals surface area contributed by atoms with Gasteiger partial charge in [-0.25, -0.2) is 0 Å². The maximum atomic E-state index is 7.34. The second-order valence-electron chi connectivity index (χ2n) is 13.4. The van der Waals surface area contributed by atoms with Crippen LogP contribution >= 0.6 is 60.2 Å². The Kier molecular flexibility index (Phi) is 15.5. The van der Waals surface area contributed by atoms with Gasteiger partial charge in [-0.05, 0) is 85.6 Å². The van der Waals surface area contributed by atoms with Crippen LogP contribution in [0.5, 0.6) is 0 Å². The first-order chi connectivity index (χ1) is 20.4. The van der Waals surface area contributed by atoms with Gasteiger partial charge >= 0.3 is 60.3 Å². The Balaban J connectivity index is 2.50. The lowest BCUT2D eigenvalue weighted by atomic mass is 11.8. The van der Waals surface area contributed by atoms with E-state index >= 15 is 0 Å². The first-order valence-electron chi connectivity index (χ1n) is 14.7. The molecule has 14 unspecified atom stereocenters. The van der Waals surface area contributed by atoms with Gasteiger partial charge in [-0.3, -0.25) is 0 Å². The molecule has 12 nitrogen and oxygen atoms in total. The molecule has 3 fully saturated rings. The van der Waals surface area contributed by atoms with Crippen molar-refractivity contribution in [2.45, 2.75) is 58.9 Å². The van der Waals surface area contributed by atoms with Gasteiger partial charge in [-0.1, -0.05) is 32.5 Å². The summed E-state index contributed by atoms with van der Waals surface area (Å²) in [5.41, 5.74) is 0. The van der Waals surface area contributed by atoms with Gasteiger partial charge in [0.1, 0.15) is 0 Å². The van der Waals surface area contributed by atoms with Gasteiger partial charge in [0.25, 0.3) is 0 Å². The van der Waals surface area contributed by atoms with Crippen molar-refractivity contribution >= 4 is 145 Å². The highest BCUT2D eigenvalue weighted by atomic mass is 31.4. The topological polar surface area (TPSA) is 111 Å². The highest BCUT2D eigenvalue weighted by molar-refractivity contribution is 7.86. The number of hydrogen-bond donors (Lipinski definition) is 0. The Morgan fingerprint density at radius 2 is 0.822 bits per heavy atom. The summed E-state index contributed by atoms with van der Waals surface area (Å²) in [7, 11) is -23.5. The summed E-state index contributed by atoms with van der Waals surface area (Å²) >= 11 is 0. The van der Waals surface area contributed by atoms with Crippen LogP contribution in [0.3, 0.4) is 0 Å². The zero-order chi connectivity index (χ0) is 34.4. The molecule has 0 N–H and O–H groups in total. The normalized spacial score (nSPS) is 42.7. The second-order valence-corrected chi connectivity index (χ2v) is 64.7. The fraction of sp³-hybridized carbons (Fsp3) is 1.00. The highest BCUT2D eigenvalue weighted by Crippen LogP contribution is 2.55. The molecule has 14 atom stereocenters. The number of hydrogen-bond acceptors (Lipinski definition) is 12. The Morgan fingerprint density at radius 3 is 1.16 bits per heavy atom. The van der Waals surface area contributed by atoms with Crippen molar-refractivity contribution in [2.24, 2.45) is 0 Å². The van der Waals surface area contributed by atoms with E-state index in [-0.39, 0.29) is 32.5 Å². The number of rotatable bonds is 13. The van der Waals surface area contributed by atoms with Crippen molar-refractivity contribution < 1.29 is 49.4 Å². The van der Waals surface area contributed by atoms with Crippen molar-refractivity contribution in [3.63, 3.8) is 0 Å². The van der Waals surface area contributed by atoms with Gasteiger partial charge in [0.2, 0.25) is 0 Å². The van der Waals surface area contributed by atoms with Crippen LogP contribution in [-0.2, 0) is 49.4 Å². The summed E-state index contributed by atoms with van der Waals surface area (Å²) < 4.78 is 86.9. The molecule has 3 aliphatic heterocycles. The third kappa shape index (κ3) is 11.1. The van der Waals surface area contributed by atoms with Crippen molar-refractivity contribution in [2.75, 3.05) is 44.0 Å². The highest BCUT2D eigenvalue weighted by Gasteiger charge is 2.77. The average molecular weight is 937 g/mol. The van der Waals surface area contributed by atoms with E-state index in [1.165, 1.54) is 0 Å². The van der Waals surface area contributed by atoms with E-state index in [4.69, 9.17) is 49.4 Å². The summed E-state index contributed by atoms with van der Waals surface area (Å²) in [6, 6.07) is 0. The molecule has 0 aromatic rings. The number of fused-ring (bicyclic) bond motifs is 3. The smallest absolute Gasteiger partial charge is 0.417 e. The van der Waals surface area contributed by atoms with Crippen molar-refractivity contribution in [1.29, 1.82) is 0 Å². The molecule has 4 bridgehead atoms. The molecule has 0 saturated carbocycles. The standard InChI is InChI=1S/C16H55O12P7Si10/c1-32-42(19-38(11,12)13)24-41(16-31)20-39(14-29,17-36(5,6)7)21-43(33-2)22-40(15-30,18-37(8,9)10)23-44(26-42,34-3)28-45(25-41,27-43)35-4/h32-35H,14-16,29-31H2,1-13H3. The minimum absolute atomic E-state index is 0.111. The zero-order valence-electron chi connectivity index (χ0n) is 28.8. The lowest BCUT2D eigenvalue weighted by Gasteiger charge is -2.58. The van der Waals surface area contributed by atoms with Gasteiger partial charge in [0.05, 0.1) is 0 Å². The molecular weight excluding hydrogens is 882 g/mol. The van der Waals surface area contributed by atoms with Crippen LogP contribution in [-0.4, -0.2) is 129 Å². The maximum Gasteiger partial charge on any atom is 0.501 e. The third-order valence-electron chi connectivity index (χ3n) is 5.91. The van der Waals surface area contributed by atoms with Crippen molar-refractivity contribution in [3.8, 4) is 0 Å². The quantitative estimate of drug-likeness (QED) is 0.188. The molecule has 266 valence electrons. The minimum atomic E-state index is -3.73. The van der Waals surface area contributed by atoms with E-state index in [1.54, 1.807) is 0 Å². The van der Waals surface area contributed by atoms with Crippen LogP contribution in [0.4, 0.5) is 0 Å². The van der Waals surface area contributed by atoms with E-state index in [2.05, 4.69) is 100.0 Å².